The zero-order valence-electron chi connectivity index (χ0n) is 14.4. The number of benzene rings is 1. The SMILES string of the molecule is CCN(Cc1cc(OC)c(OC)cc1OC)C1CCCCC1. The molecule has 0 atom stereocenters. The zero-order valence-corrected chi connectivity index (χ0v) is 14.4. The fourth-order valence-corrected chi connectivity index (χ4v) is 3.38. The van der Waals surface area contributed by atoms with Crippen LogP contribution in [0.5, 0.6) is 17.2 Å². The van der Waals surface area contributed by atoms with Crippen LogP contribution < -0.4 is 14.2 Å². The average molecular weight is 307 g/mol. The van der Waals surface area contributed by atoms with Gasteiger partial charge in [-0.1, -0.05) is 26.2 Å². The van der Waals surface area contributed by atoms with Gasteiger partial charge in [-0.05, 0) is 25.5 Å². The molecule has 0 N–H and O–H groups in total. The van der Waals surface area contributed by atoms with Crippen LogP contribution in [0.4, 0.5) is 0 Å². The van der Waals surface area contributed by atoms with Gasteiger partial charge < -0.3 is 14.2 Å². The van der Waals surface area contributed by atoms with Crippen LogP contribution in [-0.4, -0.2) is 38.8 Å². The van der Waals surface area contributed by atoms with E-state index in [2.05, 4.69) is 11.8 Å². The standard InChI is InChI=1S/C18H29NO3/c1-5-19(15-9-7-6-8-10-15)13-14-11-17(21-3)18(22-4)12-16(14)20-2/h11-12,15H,5-10,13H2,1-4H3. The highest BCUT2D eigenvalue weighted by molar-refractivity contribution is 5.50. The van der Waals surface area contributed by atoms with E-state index >= 15 is 0 Å². The molecule has 0 aromatic heterocycles. The molecule has 0 spiro atoms. The highest BCUT2D eigenvalue weighted by Gasteiger charge is 2.22. The van der Waals surface area contributed by atoms with Gasteiger partial charge in [0.05, 0.1) is 21.3 Å². The van der Waals surface area contributed by atoms with Crippen LogP contribution in [0, 0.1) is 0 Å². The minimum absolute atomic E-state index is 0.691. The van der Waals surface area contributed by atoms with E-state index in [4.69, 9.17) is 14.2 Å². The molecule has 22 heavy (non-hydrogen) atoms. The Labute approximate surface area is 134 Å². The Kier molecular flexibility index (Phi) is 6.37. The third kappa shape index (κ3) is 3.86. The van der Waals surface area contributed by atoms with Crippen molar-refractivity contribution in [3.8, 4) is 17.2 Å². The van der Waals surface area contributed by atoms with Crippen molar-refractivity contribution >= 4 is 0 Å². The second-order valence-corrected chi connectivity index (χ2v) is 5.87. The van der Waals surface area contributed by atoms with Gasteiger partial charge in [-0.15, -0.1) is 0 Å². The fraction of sp³-hybridized carbons (Fsp3) is 0.667. The summed E-state index contributed by atoms with van der Waals surface area (Å²) in [4.78, 5) is 2.56. The molecule has 0 saturated heterocycles. The Morgan fingerprint density at radius 3 is 2.05 bits per heavy atom. The first-order chi connectivity index (χ1) is 10.7. The first-order valence-electron chi connectivity index (χ1n) is 8.26. The van der Waals surface area contributed by atoms with Gasteiger partial charge in [-0.25, -0.2) is 0 Å². The number of ether oxygens (including phenoxy) is 3. The number of hydrogen-bond donors (Lipinski definition) is 0. The molecule has 0 unspecified atom stereocenters. The number of rotatable bonds is 7. The molecule has 4 heteroatoms. The summed E-state index contributed by atoms with van der Waals surface area (Å²) in [5.74, 6) is 2.34. The van der Waals surface area contributed by atoms with Gasteiger partial charge in [0.2, 0.25) is 0 Å². The molecule has 1 aromatic carbocycles. The van der Waals surface area contributed by atoms with Crippen molar-refractivity contribution in [2.45, 2.75) is 51.6 Å². The maximum Gasteiger partial charge on any atom is 0.164 e. The molecule has 0 heterocycles. The molecule has 0 bridgehead atoms. The van der Waals surface area contributed by atoms with Crippen molar-refractivity contribution in [2.75, 3.05) is 27.9 Å². The third-order valence-electron chi connectivity index (χ3n) is 4.66. The first kappa shape index (κ1) is 16.9. The van der Waals surface area contributed by atoms with Crippen LogP contribution in [0.3, 0.4) is 0 Å². The molecule has 1 aliphatic rings. The lowest BCUT2D eigenvalue weighted by Crippen LogP contribution is -2.36. The summed E-state index contributed by atoms with van der Waals surface area (Å²) < 4.78 is 16.4. The van der Waals surface area contributed by atoms with Crippen LogP contribution in [-0.2, 0) is 6.54 Å². The van der Waals surface area contributed by atoms with Crippen molar-refractivity contribution in [1.29, 1.82) is 0 Å². The van der Waals surface area contributed by atoms with Gasteiger partial charge in [-0.3, -0.25) is 4.90 Å². The van der Waals surface area contributed by atoms with E-state index in [1.165, 1.54) is 32.1 Å². The molecule has 0 aliphatic heterocycles. The van der Waals surface area contributed by atoms with Gasteiger partial charge in [0.25, 0.3) is 0 Å². The summed E-state index contributed by atoms with van der Waals surface area (Å²) in [6, 6.07) is 4.66. The minimum atomic E-state index is 0.691. The molecule has 0 radical (unpaired) electrons. The highest BCUT2D eigenvalue weighted by Crippen LogP contribution is 2.36. The van der Waals surface area contributed by atoms with E-state index in [0.717, 1.165) is 30.2 Å². The van der Waals surface area contributed by atoms with E-state index in [-0.39, 0.29) is 0 Å². The second kappa shape index (κ2) is 8.28. The molecule has 124 valence electrons. The summed E-state index contributed by atoms with van der Waals surface area (Å²) in [7, 11) is 5.03. The van der Waals surface area contributed by atoms with Crippen molar-refractivity contribution < 1.29 is 14.2 Å². The molecule has 1 aliphatic carbocycles. The predicted molar refractivity (Wildman–Crippen MR) is 89.1 cm³/mol. The van der Waals surface area contributed by atoms with Crippen molar-refractivity contribution in [1.82, 2.24) is 4.90 Å². The molecular weight excluding hydrogens is 278 g/mol. The molecule has 2 rings (SSSR count). The van der Waals surface area contributed by atoms with Crippen LogP contribution in [0.1, 0.15) is 44.6 Å². The lowest BCUT2D eigenvalue weighted by Gasteiger charge is -2.34. The number of hydrogen-bond acceptors (Lipinski definition) is 4. The Balaban J connectivity index is 2.21. The van der Waals surface area contributed by atoms with Crippen LogP contribution >= 0.6 is 0 Å². The van der Waals surface area contributed by atoms with Gasteiger partial charge >= 0.3 is 0 Å². The summed E-state index contributed by atoms with van der Waals surface area (Å²) in [5, 5.41) is 0. The normalized spacial score (nSPS) is 15.9. The predicted octanol–water partition coefficient (Wildman–Crippen LogP) is 3.87. The minimum Gasteiger partial charge on any atom is -0.496 e. The van der Waals surface area contributed by atoms with E-state index < -0.39 is 0 Å². The third-order valence-corrected chi connectivity index (χ3v) is 4.66. The Bertz CT molecular complexity index is 470. The lowest BCUT2D eigenvalue weighted by molar-refractivity contribution is 0.154. The largest absolute Gasteiger partial charge is 0.496 e. The van der Waals surface area contributed by atoms with E-state index in [9.17, 15) is 0 Å². The van der Waals surface area contributed by atoms with E-state index in [1.54, 1.807) is 21.3 Å². The fourth-order valence-electron chi connectivity index (χ4n) is 3.38. The van der Waals surface area contributed by atoms with Gasteiger partial charge in [-0.2, -0.15) is 0 Å². The smallest absolute Gasteiger partial charge is 0.164 e. The molecule has 0 amide bonds. The summed E-state index contributed by atoms with van der Waals surface area (Å²) in [6.45, 7) is 4.19. The second-order valence-electron chi connectivity index (χ2n) is 5.87. The maximum atomic E-state index is 5.56. The first-order valence-corrected chi connectivity index (χ1v) is 8.26. The van der Waals surface area contributed by atoms with Crippen LogP contribution in [0.25, 0.3) is 0 Å². The molecule has 1 aromatic rings. The molecular formula is C18H29NO3. The van der Waals surface area contributed by atoms with E-state index in [1.807, 2.05) is 12.1 Å². The summed E-state index contributed by atoms with van der Waals surface area (Å²) in [6.07, 6.45) is 6.70. The Morgan fingerprint density at radius 2 is 1.50 bits per heavy atom. The quantitative estimate of drug-likeness (QED) is 0.765. The lowest BCUT2D eigenvalue weighted by atomic mass is 9.94. The maximum absolute atomic E-state index is 5.56. The Hall–Kier alpha value is -1.42. The molecule has 1 saturated carbocycles. The van der Waals surface area contributed by atoms with Gasteiger partial charge in [0, 0.05) is 24.2 Å². The number of methoxy groups -OCH3 is 3. The number of nitrogens with zero attached hydrogens (tertiary/aromatic N) is 1. The van der Waals surface area contributed by atoms with Gasteiger partial charge in [0.15, 0.2) is 11.5 Å². The van der Waals surface area contributed by atoms with Crippen molar-refractivity contribution in [2.24, 2.45) is 0 Å². The Morgan fingerprint density at radius 1 is 0.909 bits per heavy atom. The van der Waals surface area contributed by atoms with E-state index in [0.29, 0.717) is 11.8 Å². The van der Waals surface area contributed by atoms with Crippen LogP contribution in [0.2, 0.25) is 0 Å². The summed E-state index contributed by atoms with van der Waals surface area (Å²) in [5.41, 5.74) is 1.16. The van der Waals surface area contributed by atoms with Crippen molar-refractivity contribution in [3.05, 3.63) is 17.7 Å². The topological polar surface area (TPSA) is 30.9 Å². The average Bonchev–Trinajstić information content (AvgIpc) is 2.59. The zero-order chi connectivity index (χ0) is 15.9. The molecule has 4 nitrogen and oxygen atoms in total. The van der Waals surface area contributed by atoms with Gasteiger partial charge in [0.1, 0.15) is 5.75 Å². The van der Waals surface area contributed by atoms with Crippen LogP contribution in [0.15, 0.2) is 12.1 Å². The molecule has 1 fully saturated rings. The summed E-state index contributed by atoms with van der Waals surface area (Å²) >= 11 is 0. The monoisotopic (exact) mass is 307 g/mol. The highest BCUT2D eigenvalue weighted by atomic mass is 16.5. The van der Waals surface area contributed by atoms with Crippen molar-refractivity contribution in [3.63, 3.8) is 0 Å².